The van der Waals surface area contributed by atoms with Crippen LogP contribution in [-0.4, -0.2) is 51.6 Å². The van der Waals surface area contributed by atoms with E-state index in [1.807, 2.05) is 0 Å². The van der Waals surface area contributed by atoms with Crippen molar-refractivity contribution in [3.05, 3.63) is 29.3 Å². The Balaban J connectivity index is 1.63. The van der Waals surface area contributed by atoms with Gasteiger partial charge in [-0.2, -0.15) is 0 Å². The van der Waals surface area contributed by atoms with Crippen LogP contribution in [0.5, 0.6) is 5.75 Å². The minimum Gasteiger partial charge on any atom is -0.493 e. The van der Waals surface area contributed by atoms with Gasteiger partial charge in [0.2, 0.25) is 0 Å². The van der Waals surface area contributed by atoms with Crippen molar-refractivity contribution < 1.29 is 14.2 Å². The minimum atomic E-state index is -0.184. The highest BCUT2D eigenvalue weighted by molar-refractivity contribution is 5.79. The molecule has 6 nitrogen and oxygen atoms in total. The second kappa shape index (κ2) is 10.1. The Morgan fingerprint density at radius 3 is 2.71 bits per heavy atom. The number of aliphatic imine (C=N–C) groups is 1. The Bertz CT molecular complexity index is 652. The first-order valence-electron chi connectivity index (χ1n) is 10.5. The molecular weight excluding hydrogens is 354 g/mol. The average Bonchev–Trinajstić information content (AvgIpc) is 3.54. The van der Waals surface area contributed by atoms with Crippen LogP contribution in [-0.2, 0) is 16.0 Å². The molecule has 3 rings (SSSR count). The minimum absolute atomic E-state index is 0.184. The van der Waals surface area contributed by atoms with Gasteiger partial charge in [-0.3, -0.25) is 0 Å². The zero-order chi connectivity index (χ0) is 19.8. The molecule has 156 valence electrons. The predicted molar refractivity (Wildman–Crippen MR) is 112 cm³/mol. The third-order valence-corrected chi connectivity index (χ3v) is 5.56. The van der Waals surface area contributed by atoms with Crippen LogP contribution < -0.4 is 15.4 Å². The molecule has 2 fully saturated rings. The van der Waals surface area contributed by atoms with E-state index in [2.05, 4.69) is 42.7 Å². The lowest BCUT2D eigenvalue weighted by atomic mass is 9.94. The molecule has 28 heavy (non-hydrogen) atoms. The van der Waals surface area contributed by atoms with Crippen molar-refractivity contribution >= 4 is 5.96 Å². The summed E-state index contributed by atoms with van der Waals surface area (Å²) in [5.41, 5.74) is 2.15. The standard InChI is InChI=1S/C22H35N3O3/c1-4-23-21(25-16-22(26-3)9-11-27-12-10-22)24-14-19-8-5-17(2)13-20(19)28-15-18-6-7-18/h5,8,13,18H,4,6-7,9-12,14-16H2,1-3H3,(H2,23,24,25). The largest absolute Gasteiger partial charge is 0.493 e. The van der Waals surface area contributed by atoms with E-state index in [0.717, 1.165) is 68.9 Å². The van der Waals surface area contributed by atoms with Gasteiger partial charge in [-0.1, -0.05) is 12.1 Å². The lowest BCUT2D eigenvalue weighted by Gasteiger charge is -2.36. The number of nitrogens with one attached hydrogen (secondary N) is 2. The Labute approximate surface area is 169 Å². The Kier molecular flexibility index (Phi) is 7.57. The maximum absolute atomic E-state index is 6.08. The normalized spacial score (nSPS) is 19.3. The Morgan fingerprint density at radius 2 is 2.04 bits per heavy atom. The summed E-state index contributed by atoms with van der Waals surface area (Å²) in [7, 11) is 1.78. The van der Waals surface area contributed by atoms with Crippen molar-refractivity contribution in [2.45, 2.75) is 51.7 Å². The van der Waals surface area contributed by atoms with E-state index in [4.69, 9.17) is 19.2 Å². The van der Waals surface area contributed by atoms with Gasteiger partial charge in [0.15, 0.2) is 5.96 Å². The first-order valence-corrected chi connectivity index (χ1v) is 10.5. The van der Waals surface area contributed by atoms with Gasteiger partial charge in [-0.15, -0.1) is 0 Å². The SMILES string of the molecule is CCNC(=NCc1ccc(C)cc1OCC1CC1)NCC1(OC)CCOCC1. The molecule has 0 aromatic heterocycles. The highest BCUT2D eigenvalue weighted by Gasteiger charge is 2.32. The molecule has 6 heteroatoms. The third-order valence-electron chi connectivity index (χ3n) is 5.56. The van der Waals surface area contributed by atoms with Gasteiger partial charge in [0.1, 0.15) is 5.75 Å². The van der Waals surface area contributed by atoms with Crippen molar-refractivity contribution in [1.82, 2.24) is 10.6 Å². The second-order valence-electron chi connectivity index (χ2n) is 7.91. The summed E-state index contributed by atoms with van der Waals surface area (Å²) in [5.74, 6) is 2.50. The number of aryl methyl sites for hydroxylation is 1. The molecular formula is C22H35N3O3. The molecule has 0 radical (unpaired) electrons. The summed E-state index contributed by atoms with van der Waals surface area (Å²) in [5, 5.41) is 6.80. The topological polar surface area (TPSA) is 64.1 Å². The molecule has 0 atom stereocenters. The molecule has 1 saturated heterocycles. The lowest BCUT2D eigenvalue weighted by Crippen LogP contribution is -2.50. The third kappa shape index (κ3) is 6.11. The summed E-state index contributed by atoms with van der Waals surface area (Å²) in [4.78, 5) is 4.79. The Morgan fingerprint density at radius 1 is 1.25 bits per heavy atom. The molecule has 0 bridgehead atoms. The van der Waals surface area contributed by atoms with E-state index in [-0.39, 0.29) is 5.60 Å². The molecule has 2 N–H and O–H groups in total. The average molecular weight is 390 g/mol. The number of hydrogen-bond acceptors (Lipinski definition) is 4. The maximum atomic E-state index is 6.08. The molecule has 1 saturated carbocycles. The van der Waals surface area contributed by atoms with Gasteiger partial charge in [0, 0.05) is 51.8 Å². The van der Waals surface area contributed by atoms with Gasteiger partial charge in [-0.05, 0) is 44.2 Å². The number of benzene rings is 1. The smallest absolute Gasteiger partial charge is 0.191 e. The highest BCUT2D eigenvalue weighted by Crippen LogP contribution is 2.31. The van der Waals surface area contributed by atoms with Gasteiger partial charge >= 0.3 is 0 Å². The molecule has 1 aromatic rings. The maximum Gasteiger partial charge on any atom is 0.191 e. The number of guanidine groups is 1. The van der Waals surface area contributed by atoms with Gasteiger partial charge in [0.25, 0.3) is 0 Å². The van der Waals surface area contributed by atoms with E-state index < -0.39 is 0 Å². The van der Waals surface area contributed by atoms with Crippen molar-refractivity contribution in [3.8, 4) is 5.75 Å². The fraction of sp³-hybridized carbons (Fsp3) is 0.682. The van der Waals surface area contributed by atoms with Crippen molar-refractivity contribution in [2.75, 3.05) is 40.0 Å². The van der Waals surface area contributed by atoms with Crippen molar-refractivity contribution in [2.24, 2.45) is 10.9 Å². The van der Waals surface area contributed by atoms with Crippen LogP contribution in [0.3, 0.4) is 0 Å². The number of nitrogens with zero attached hydrogens (tertiary/aromatic N) is 1. The van der Waals surface area contributed by atoms with Crippen LogP contribution in [0.4, 0.5) is 0 Å². The molecule has 1 aliphatic heterocycles. The van der Waals surface area contributed by atoms with Crippen LogP contribution in [0.15, 0.2) is 23.2 Å². The number of methoxy groups -OCH3 is 1. The monoisotopic (exact) mass is 389 g/mol. The van der Waals surface area contributed by atoms with E-state index >= 15 is 0 Å². The number of hydrogen-bond donors (Lipinski definition) is 2. The summed E-state index contributed by atoms with van der Waals surface area (Å²) >= 11 is 0. The lowest BCUT2D eigenvalue weighted by molar-refractivity contribution is -0.0855. The first-order chi connectivity index (χ1) is 13.6. The molecule has 0 amide bonds. The van der Waals surface area contributed by atoms with Crippen LogP contribution >= 0.6 is 0 Å². The van der Waals surface area contributed by atoms with E-state index in [1.54, 1.807) is 7.11 Å². The molecule has 1 aromatic carbocycles. The molecule has 0 unspecified atom stereocenters. The van der Waals surface area contributed by atoms with Crippen LogP contribution in [0.1, 0.15) is 43.7 Å². The quantitative estimate of drug-likeness (QED) is 0.502. The Hall–Kier alpha value is -1.79. The van der Waals surface area contributed by atoms with Crippen LogP contribution in [0, 0.1) is 12.8 Å². The van der Waals surface area contributed by atoms with Gasteiger partial charge < -0.3 is 24.8 Å². The van der Waals surface area contributed by atoms with E-state index in [9.17, 15) is 0 Å². The van der Waals surface area contributed by atoms with Crippen molar-refractivity contribution in [1.29, 1.82) is 0 Å². The fourth-order valence-corrected chi connectivity index (χ4v) is 3.37. The van der Waals surface area contributed by atoms with Gasteiger partial charge in [-0.25, -0.2) is 4.99 Å². The molecule has 1 heterocycles. The summed E-state index contributed by atoms with van der Waals surface area (Å²) < 4.78 is 17.4. The van der Waals surface area contributed by atoms with Gasteiger partial charge in [0.05, 0.1) is 18.8 Å². The predicted octanol–water partition coefficient (Wildman–Crippen LogP) is 3.03. The van der Waals surface area contributed by atoms with Crippen LogP contribution in [0.25, 0.3) is 0 Å². The number of rotatable bonds is 9. The first kappa shape index (κ1) is 20.9. The molecule has 0 spiro atoms. The van der Waals surface area contributed by atoms with Crippen molar-refractivity contribution in [3.63, 3.8) is 0 Å². The van der Waals surface area contributed by atoms with E-state index in [1.165, 1.54) is 18.4 Å². The zero-order valence-electron chi connectivity index (χ0n) is 17.6. The zero-order valence-corrected chi connectivity index (χ0v) is 17.6. The summed E-state index contributed by atoms with van der Waals surface area (Å²) in [6, 6.07) is 6.37. The summed E-state index contributed by atoms with van der Waals surface area (Å²) in [6.45, 7) is 8.60. The summed E-state index contributed by atoms with van der Waals surface area (Å²) in [6.07, 6.45) is 4.38. The number of ether oxygens (including phenoxy) is 3. The second-order valence-corrected chi connectivity index (χ2v) is 7.91. The molecule has 2 aliphatic rings. The van der Waals surface area contributed by atoms with E-state index in [0.29, 0.717) is 6.54 Å². The van der Waals surface area contributed by atoms with Crippen LogP contribution in [0.2, 0.25) is 0 Å². The fourth-order valence-electron chi connectivity index (χ4n) is 3.37. The molecule has 1 aliphatic carbocycles. The highest BCUT2D eigenvalue weighted by atomic mass is 16.5.